The first-order valence-electron chi connectivity index (χ1n) is 47.7. The third kappa shape index (κ3) is 57.3. The number of esters is 10. The quantitative estimate of drug-likeness (QED) is 0.0514. The zero-order valence-corrected chi connectivity index (χ0v) is 85.9. The molecule has 4 amide bonds. The first-order chi connectivity index (χ1) is 62.1. The molecule has 0 N–H and O–H groups in total. The topological polar surface area (TPSA) is 383 Å². The van der Waals surface area contributed by atoms with Crippen molar-refractivity contribution in [2.75, 3.05) is 288 Å². The predicted molar refractivity (Wildman–Crippen MR) is 504 cm³/mol. The van der Waals surface area contributed by atoms with Crippen molar-refractivity contribution in [1.82, 2.24) is 78.4 Å². The van der Waals surface area contributed by atoms with Gasteiger partial charge in [-0.3, -0.25) is 126 Å². The zero-order chi connectivity index (χ0) is 101. The molecule has 4 aliphatic heterocycles. The van der Waals surface area contributed by atoms with Crippen LogP contribution >= 0.6 is 0 Å². The van der Waals surface area contributed by atoms with Gasteiger partial charge in [-0.25, -0.2) is 0 Å². The lowest BCUT2D eigenvalue weighted by atomic mass is 10.2. The average Bonchev–Trinajstić information content (AvgIpc) is 0.869. The van der Waals surface area contributed by atoms with E-state index < -0.39 is 130 Å². The fourth-order valence-corrected chi connectivity index (χ4v) is 15.2. The Morgan fingerprint density at radius 3 is 0.410 bits per heavy atom. The second-order valence-electron chi connectivity index (χ2n) is 43.4. The van der Waals surface area contributed by atoms with Gasteiger partial charge in [0.05, 0.1) is 65.2 Å². The Balaban J connectivity index is 2.01. The maximum atomic E-state index is 15.4. The molecule has 770 valence electrons. The lowest BCUT2D eigenvalue weighted by molar-refractivity contribution is -0.159. The van der Waals surface area contributed by atoms with Crippen LogP contribution in [0.4, 0.5) is 0 Å². The molecule has 40 heteroatoms. The molecular formula is C94H170N16O24. The van der Waals surface area contributed by atoms with Gasteiger partial charge in [-0.1, -0.05) is 0 Å². The first-order valence-corrected chi connectivity index (χ1v) is 47.7. The van der Waals surface area contributed by atoms with Crippen LogP contribution in [-0.4, -0.2) is 509 Å². The number of rotatable bonds is 33. The molecular weight excluding hydrogens is 1740 g/mol. The molecule has 0 bridgehead atoms. The minimum absolute atomic E-state index is 0.0263. The smallest absolute Gasteiger partial charge is 0.320 e. The molecule has 4 fully saturated rings. The van der Waals surface area contributed by atoms with Gasteiger partial charge in [0.1, 0.15) is 57.0 Å². The molecule has 0 radical (unpaired) electrons. The van der Waals surface area contributed by atoms with Gasteiger partial charge in [-0.15, -0.1) is 0 Å². The Labute approximate surface area is 798 Å². The van der Waals surface area contributed by atoms with E-state index in [0.717, 1.165) is 25.6 Å². The van der Waals surface area contributed by atoms with Gasteiger partial charge in [-0.2, -0.15) is 0 Å². The minimum atomic E-state index is -1.04. The maximum absolute atomic E-state index is 15.4. The highest BCUT2D eigenvalue weighted by Crippen LogP contribution is 2.20. The van der Waals surface area contributed by atoms with Crippen molar-refractivity contribution in [2.24, 2.45) is 0 Å². The maximum Gasteiger partial charge on any atom is 0.320 e. The van der Waals surface area contributed by atoms with Crippen LogP contribution in [0.25, 0.3) is 0 Å². The predicted octanol–water partition coefficient (Wildman–Crippen LogP) is 1.84. The first kappa shape index (κ1) is 118. The van der Waals surface area contributed by atoms with Crippen molar-refractivity contribution < 1.29 is 114 Å². The van der Waals surface area contributed by atoms with E-state index in [2.05, 4.69) is 19.6 Å². The van der Waals surface area contributed by atoms with Crippen LogP contribution in [0.2, 0.25) is 0 Å². The normalized spacial score (nSPS) is 19.1. The van der Waals surface area contributed by atoms with E-state index in [0.29, 0.717) is 0 Å². The highest BCUT2D eigenvalue weighted by Gasteiger charge is 2.35. The lowest BCUT2D eigenvalue weighted by Gasteiger charge is -2.37. The van der Waals surface area contributed by atoms with E-state index in [9.17, 15) is 57.5 Å². The Bertz CT molecular complexity index is 3020. The van der Waals surface area contributed by atoms with Crippen LogP contribution in [0.15, 0.2) is 0 Å². The number of hydrogen-bond acceptors (Lipinski definition) is 36. The van der Waals surface area contributed by atoms with E-state index in [1.54, 1.807) is 186 Å². The summed E-state index contributed by atoms with van der Waals surface area (Å²) >= 11 is 0. The molecule has 40 nitrogen and oxygen atoms in total. The molecule has 0 aliphatic carbocycles. The van der Waals surface area contributed by atoms with Crippen molar-refractivity contribution in [3.8, 4) is 0 Å². The van der Waals surface area contributed by atoms with Crippen LogP contribution in [0, 0.1) is 0 Å². The van der Waals surface area contributed by atoms with E-state index in [-0.39, 0.29) is 288 Å². The molecule has 4 aliphatic rings. The summed E-state index contributed by atoms with van der Waals surface area (Å²) in [6.45, 7) is 49.2. The lowest BCUT2D eigenvalue weighted by Crippen LogP contribution is -2.52. The van der Waals surface area contributed by atoms with Gasteiger partial charge in [0.25, 0.3) is 0 Å². The summed E-state index contributed by atoms with van der Waals surface area (Å²) in [5.41, 5.74) is -6.59. The number of hydrogen-bond donors (Lipinski definition) is 0. The monoisotopic (exact) mass is 1910 g/mol. The van der Waals surface area contributed by atoms with E-state index in [4.69, 9.17) is 47.4 Å². The van der Waals surface area contributed by atoms with E-state index in [1.807, 2.05) is 39.2 Å². The summed E-state index contributed by atoms with van der Waals surface area (Å²) in [6.07, 6.45) is -0.136. The van der Waals surface area contributed by atoms with Crippen LogP contribution in [0.5, 0.6) is 0 Å². The van der Waals surface area contributed by atoms with E-state index >= 15 is 9.59 Å². The fourth-order valence-electron chi connectivity index (χ4n) is 15.2. The van der Waals surface area contributed by atoms with Crippen molar-refractivity contribution in [2.45, 2.75) is 236 Å². The number of amides is 4. The van der Waals surface area contributed by atoms with Gasteiger partial charge in [0.15, 0.2) is 0 Å². The van der Waals surface area contributed by atoms with Crippen LogP contribution < -0.4 is 0 Å². The number of carbonyl (C=O) groups is 14. The highest BCUT2D eigenvalue weighted by atomic mass is 16.6. The summed E-state index contributed by atoms with van der Waals surface area (Å²) in [5, 5.41) is 0. The van der Waals surface area contributed by atoms with Crippen molar-refractivity contribution in [1.29, 1.82) is 0 Å². The summed E-state index contributed by atoms with van der Waals surface area (Å²) < 4.78 is 60.3. The third-order valence-corrected chi connectivity index (χ3v) is 21.2. The van der Waals surface area contributed by atoms with Gasteiger partial charge in [0, 0.05) is 236 Å². The largest absolute Gasteiger partial charge is 0.460 e. The molecule has 4 saturated heterocycles. The zero-order valence-electron chi connectivity index (χ0n) is 85.9. The van der Waals surface area contributed by atoms with Gasteiger partial charge in [-0.05, 0) is 166 Å². The van der Waals surface area contributed by atoms with Gasteiger partial charge in [0.2, 0.25) is 25.6 Å². The van der Waals surface area contributed by atoms with Crippen molar-refractivity contribution in [3.63, 3.8) is 0 Å². The van der Waals surface area contributed by atoms with Gasteiger partial charge >= 0.3 is 59.7 Å². The second kappa shape index (κ2) is 56.8. The molecule has 0 aromatic carbocycles. The fraction of sp³-hybridized carbons (Fsp3) is 0.851. The Morgan fingerprint density at radius 2 is 0.299 bits per heavy atom. The van der Waals surface area contributed by atoms with Crippen LogP contribution in [-0.2, 0) is 114 Å². The number of carbonyl (C=O) groups excluding carboxylic acids is 14. The third-order valence-electron chi connectivity index (χ3n) is 21.2. The standard InChI is InChI=1S/C94H170N16O24/c1-87(2,3)127-79(117)63-99-35-27-95(28-36-100(44-52-107(71-111)51-43-99)64-80(118)128-88(4,5)6)59-75(60-96-29-37-101(65-81(119)129-89(7,8)9)45-53-108(72-112)54-46-102(38-30-96)66-82(120)130-90(10,11)12)125-77(115)25-26-78(116)126-76(61-97-31-39-103(67-83(121)131-91(13,14)15)47-55-109(73-113)56-48-104(40-32-97)68-84(122)132-92(16,17)18)62-98-33-41-105(69-85(123)133-93(19,20)21)49-57-110(74-114)58-50-106(42-34-98)70-86(124)134-94(22,23)24/h71-76H,25-70H2,1-24H3. The summed E-state index contributed by atoms with van der Waals surface area (Å²) in [4.78, 5) is 222. The molecule has 134 heavy (non-hydrogen) atoms. The summed E-state index contributed by atoms with van der Waals surface area (Å²) in [5.74, 6) is -5.51. The highest BCUT2D eigenvalue weighted by molar-refractivity contribution is 5.78. The molecule has 0 aromatic heterocycles. The molecule has 4 heterocycles. The second-order valence-corrected chi connectivity index (χ2v) is 43.4. The van der Waals surface area contributed by atoms with Crippen LogP contribution in [0.3, 0.4) is 0 Å². The number of ether oxygens (including phenoxy) is 10. The van der Waals surface area contributed by atoms with Crippen molar-refractivity contribution >= 4 is 85.3 Å². The molecule has 0 aromatic rings. The Morgan fingerprint density at radius 1 is 0.187 bits per heavy atom. The SMILES string of the molecule is CC(C)(C)OC(=O)CN1CCN(C=O)CCN(CC(=O)OC(C)(C)C)CCN(CC(CN2CCN(CC(=O)OC(C)(C)C)CCN(C=O)CCN(CC(=O)OC(C)(C)C)CC2)OC(=O)CCC(=O)OC(CN2CCN(CC(=O)OC(C)(C)C)CCN(C=O)CCN(CC(=O)OC(C)(C)C)CC2)CN2CCN(CC(=O)OC(C)(C)C)CCN(C=O)CCN(CC(=O)OC(C)(C)C)CC2)CC1. The summed E-state index contributed by atoms with van der Waals surface area (Å²) in [6, 6.07) is 0. The minimum Gasteiger partial charge on any atom is -0.460 e. The summed E-state index contributed by atoms with van der Waals surface area (Å²) in [7, 11) is 0. The molecule has 0 atom stereocenters. The van der Waals surface area contributed by atoms with Gasteiger partial charge < -0.3 is 67.0 Å². The average molecular weight is 1910 g/mol. The van der Waals surface area contributed by atoms with Crippen LogP contribution in [0.1, 0.15) is 179 Å². The molecule has 0 unspecified atom stereocenters. The number of nitrogens with zero attached hydrogens (tertiary/aromatic N) is 16. The molecule has 0 spiro atoms. The molecule has 0 saturated carbocycles. The Hall–Kier alpha value is -7.90. The van der Waals surface area contributed by atoms with E-state index in [1.165, 1.54) is 0 Å². The Kier molecular flexibility index (Phi) is 50.2. The molecule has 4 rings (SSSR count). The van der Waals surface area contributed by atoms with Crippen molar-refractivity contribution in [3.05, 3.63) is 0 Å².